The van der Waals surface area contributed by atoms with Gasteiger partial charge in [-0.2, -0.15) is 0 Å². The molecule has 0 aromatic heterocycles. The molecule has 1 heterocycles. The molecule has 1 saturated heterocycles. The number of anilines is 1. The van der Waals surface area contributed by atoms with Crippen molar-refractivity contribution in [2.45, 2.75) is 25.8 Å². The van der Waals surface area contributed by atoms with Crippen LogP contribution in [0, 0.1) is 0 Å². The lowest BCUT2D eigenvalue weighted by Gasteiger charge is -2.30. The van der Waals surface area contributed by atoms with Gasteiger partial charge in [0.1, 0.15) is 12.3 Å². The first-order valence-corrected chi connectivity index (χ1v) is 10.3. The molecule has 1 aliphatic heterocycles. The summed E-state index contributed by atoms with van der Waals surface area (Å²) in [6.07, 6.45) is 2.84. The van der Waals surface area contributed by atoms with E-state index in [1.807, 2.05) is 14.0 Å². The SMILES string of the molecule is CCOc1ccccc1N(CC(=O)NC1CCN(C)CC1)S(C)(=O)=O. The van der Waals surface area contributed by atoms with Crippen molar-refractivity contribution in [3.8, 4) is 5.75 Å². The Balaban J connectivity index is 2.12. The van der Waals surface area contributed by atoms with Gasteiger partial charge in [0.15, 0.2) is 0 Å². The van der Waals surface area contributed by atoms with E-state index in [0.717, 1.165) is 36.5 Å². The largest absolute Gasteiger partial charge is 0.492 e. The van der Waals surface area contributed by atoms with Crippen molar-refractivity contribution in [3.63, 3.8) is 0 Å². The molecule has 0 unspecified atom stereocenters. The zero-order valence-electron chi connectivity index (χ0n) is 15.1. The third-order valence-corrected chi connectivity index (χ3v) is 5.33. The highest BCUT2D eigenvalue weighted by molar-refractivity contribution is 7.92. The number of carbonyl (C=O) groups excluding carboxylic acids is 1. The number of nitrogens with zero attached hydrogens (tertiary/aromatic N) is 2. The maximum absolute atomic E-state index is 12.4. The van der Waals surface area contributed by atoms with E-state index in [4.69, 9.17) is 4.74 Å². The maximum atomic E-state index is 12.4. The molecule has 1 amide bonds. The summed E-state index contributed by atoms with van der Waals surface area (Å²) >= 11 is 0. The minimum Gasteiger partial charge on any atom is -0.492 e. The Hall–Kier alpha value is -1.80. The van der Waals surface area contributed by atoms with Gasteiger partial charge in [0.25, 0.3) is 0 Å². The first kappa shape index (κ1) is 19.5. The highest BCUT2D eigenvalue weighted by Gasteiger charge is 2.25. The van der Waals surface area contributed by atoms with E-state index in [0.29, 0.717) is 18.0 Å². The number of piperidine rings is 1. The van der Waals surface area contributed by atoms with Gasteiger partial charge in [-0.3, -0.25) is 9.10 Å². The number of ether oxygens (including phenoxy) is 1. The Bertz CT molecular complexity index is 685. The van der Waals surface area contributed by atoms with Gasteiger partial charge in [0.2, 0.25) is 15.9 Å². The number of hydrogen-bond acceptors (Lipinski definition) is 5. The summed E-state index contributed by atoms with van der Waals surface area (Å²) in [6, 6.07) is 6.94. The second kappa shape index (κ2) is 8.53. The lowest BCUT2D eigenvalue weighted by Crippen LogP contribution is -2.47. The summed E-state index contributed by atoms with van der Waals surface area (Å²) in [4.78, 5) is 14.6. The molecule has 1 N–H and O–H groups in total. The Labute approximate surface area is 150 Å². The number of likely N-dealkylation sites (tertiary alicyclic amines) is 1. The fourth-order valence-corrected chi connectivity index (χ4v) is 3.74. The molecule has 0 saturated carbocycles. The van der Waals surface area contributed by atoms with Crippen LogP contribution in [0.3, 0.4) is 0 Å². The predicted molar refractivity (Wildman–Crippen MR) is 98.5 cm³/mol. The zero-order valence-corrected chi connectivity index (χ0v) is 15.9. The lowest BCUT2D eigenvalue weighted by atomic mass is 10.1. The third-order valence-electron chi connectivity index (χ3n) is 4.21. The molecular weight excluding hydrogens is 342 g/mol. The first-order valence-electron chi connectivity index (χ1n) is 8.48. The van der Waals surface area contributed by atoms with Crippen molar-refractivity contribution in [2.75, 3.05) is 43.8 Å². The van der Waals surface area contributed by atoms with Crippen molar-refractivity contribution in [2.24, 2.45) is 0 Å². The van der Waals surface area contributed by atoms with E-state index in [2.05, 4.69) is 10.2 Å². The van der Waals surface area contributed by atoms with E-state index in [1.165, 1.54) is 0 Å². The van der Waals surface area contributed by atoms with Crippen LogP contribution in [0.2, 0.25) is 0 Å². The van der Waals surface area contributed by atoms with Crippen molar-refractivity contribution in [3.05, 3.63) is 24.3 Å². The van der Waals surface area contributed by atoms with Crippen LogP contribution in [0.25, 0.3) is 0 Å². The van der Waals surface area contributed by atoms with Crippen LogP contribution in [0.4, 0.5) is 5.69 Å². The summed E-state index contributed by atoms with van der Waals surface area (Å²) in [5.41, 5.74) is 0.380. The molecule has 2 rings (SSSR count). The molecule has 0 spiro atoms. The van der Waals surface area contributed by atoms with Crippen LogP contribution >= 0.6 is 0 Å². The predicted octanol–water partition coefficient (Wildman–Crippen LogP) is 1.06. The van der Waals surface area contributed by atoms with E-state index in [1.54, 1.807) is 24.3 Å². The van der Waals surface area contributed by atoms with E-state index in [9.17, 15) is 13.2 Å². The van der Waals surface area contributed by atoms with Crippen LogP contribution in [0.15, 0.2) is 24.3 Å². The molecule has 1 aliphatic rings. The Morgan fingerprint density at radius 2 is 1.96 bits per heavy atom. The fraction of sp³-hybridized carbons (Fsp3) is 0.588. The smallest absolute Gasteiger partial charge is 0.241 e. The molecule has 1 aromatic rings. The molecule has 25 heavy (non-hydrogen) atoms. The average Bonchev–Trinajstić information content (AvgIpc) is 2.55. The number of amides is 1. The molecule has 7 nitrogen and oxygen atoms in total. The van der Waals surface area contributed by atoms with Gasteiger partial charge < -0.3 is 15.0 Å². The van der Waals surface area contributed by atoms with Crippen LogP contribution in [-0.4, -0.2) is 64.8 Å². The van der Waals surface area contributed by atoms with Gasteiger partial charge in [-0.05, 0) is 52.0 Å². The minimum atomic E-state index is -3.62. The second-order valence-electron chi connectivity index (χ2n) is 6.32. The third kappa shape index (κ3) is 5.61. The topological polar surface area (TPSA) is 79.0 Å². The van der Waals surface area contributed by atoms with Crippen LogP contribution in [-0.2, 0) is 14.8 Å². The number of sulfonamides is 1. The molecular formula is C17H27N3O4S. The number of hydrogen-bond donors (Lipinski definition) is 1. The number of para-hydroxylation sites is 2. The lowest BCUT2D eigenvalue weighted by molar-refractivity contribution is -0.120. The molecule has 140 valence electrons. The van der Waals surface area contributed by atoms with Crippen molar-refractivity contribution in [1.82, 2.24) is 10.2 Å². The van der Waals surface area contributed by atoms with Gasteiger partial charge in [0, 0.05) is 6.04 Å². The van der Waals surface area contributed by atoms with E-state index >= 15 is 0 Å². The Kier molecular flexibility index (Phi) is 6.66. The summed E-state index contributed by atoms with van der Waals surface area (Å²) in [5.74, 6) is 0.147. The zero-order chi connectivity index (χ0) is 18.4. The quantitative estimate of drug-likeness (QED) is 0.778. The Morgan fingerprint density at radius 1 is 1.32 bits per heavy atom. The molecule has 1 fully saturated rings. The van der Waals surface area contributed by atoms with Gasteiger partial charge in [0.05, 0.1) is 18.6 Å². The standard InChI is InChI=1S/C17H27N3O4S/c1-4-24-16-8-6-5-7-15(16)20(25(3,22)23)13-17(21)18-14-9-11-19(2)12-10-14/h5-8,14H,4,9-13H2,1-3H3,(H,18,21). The van der Waals surface area contributed by atoms with Gasteiger partial charge in [-0.25, -0.2) is 8.42 Å². The molecule has 1 aromatic carbocycles. The van der Waals surface area contributed by atoms with E-state index < -0.39 is 10.0 Å². The van der Waals surface area contributed by atoms with Crippen LogP contribution < -0.4 is 14.4 Å². The van der Waals surface area contributed by atoms with Crippen LogP contribution in [0.1, 0.15) is 19.8 Å². The highest BCUT2D eigenvalue weighted by atomic mass is 32.2. The van der Waals surface area contributed by atoms with Gasteiger partial charge in [-0.15, -0.1) is 0 Å². The van der Waals surface area contributed by atoms with Gasteiger partial charge in [-0.1, -0.05) is 12.1 Å². The van der Waals surface area contributed by atoms with Crippen LogP contribution in [0.5, 0.6) is 5.75 Å². The molecule has 0 bridgehead atoms. The highest BCUT2D eigenvalue weighted by Crippen LogP contribution is 2.29. The molecule has 8 heteroatoms. The van der Waals surface area contributed by atoms with Crippen molar-refractivity contribution >= 4 is 21.6 Å². The number of carbonyl (C=O) groups is 1. The minimum absolute atomic E-state index is 0.0900. The average molecular weight is 369 g/mol. The Morgan fingerprint density at radius 3 is 2.56 bits per heavy atom. The molecule has 0 aliphatic carbocycles. The van der Waals surface area contributed by atoms with Crippen molar-refractivity contribution in [1.29, 1.82) is 0 Å². The number of nitrogens with one attached hydrogen (secondary N) is 1. The molecule has 0 atom stereocenters. The second-order valence-corrected chi connectivity index (χ2v) is 8.22. The van der Waals surface area contributed by atoms with Gasteiger partial charge >= 0.3 is 0 Å². The summed E-state index contributed by atoms with van der Waals surface area (Å²) in [6.45, 7) is 3.84. The normalized spacial score (nSPS) is 16.4. The fourth-order valence-electron chi connectivity index (χ4n) is 2.88. The first-order chi connectivity index (χ1) is 11.8. The maximum Gasteiger partial charge on any atom is 0.241 e. The number of rotatable bonds is 7. The van der Waals surface area contributed by atoms with E-state index in [-0.39, 0.29) is 18.5 Å². The monoisotopic (exact) mass is 369 g/mol. The summed E-state index contributed by atoms with van der Waals surface area (Å²) in [7, 11) is -1.57. The van der Waals surface area contributed by atoms with Crippen molar-refractivity contribution < 1.29 is 17.9 Å². The number of benzene rings is 1. The summed E-state index contributed by atoms with van der Waals surface area (Å²) in [5, 5.41) is 2.95. The summed E-state index contributed by atoms with van der Waals surface area (Å²) < 4.78 is 31.1. The molecule has 0 radical (unpaired) electrons.